The third-order valence-electron chi connectivity index (χ3n) is 8.13. The second kappa shape index (κ2) is 12.3. The normalized spacial score (nSPS) is 43.2. The Balaban J connectivity index is 1.65. The van der Waals surface area contributed by atoms with Crippen LogP contribution in [0.3, 0.4) is 0 Å². The number of esters is 2. The number of rotatable bonds is 2. The van der Waals surface area contributed by atoms with Gasteiger partial charge in [-0.2, -0.15) is 0 Å². The number of hydrogen-bond donors (Lipinski definition) is 2. The standard InChI is InChI=1S/C27H37IO9/c1-3-21-27(16-36-27)20-14-34-23(30)7-5-4-6-19(13-29)33-11-9-17(2)24(31)25(32)35-15-26(20)10-8-18(28)12-22(26)37-21/h4-7,12,17,19-22,24,29,31H,3,8-11,13-16H2,1-2H3/b6-4+,7-5-/t17?,19?,20?,21-,22?,24+,26+,27?/m1/s1. The van der Waals surface area contributed by atoms with Crippen molar-refractivity contribution < 1.29 is 43.5 Å². The van der Waals surface area contributed by atoms with Crippen molar-refractivity contribution in [3.05, 3.63) is 34.0 Å². The molecule has 0 aromatic rings. The zero-order valence-corrected chi connectivity index (χ0v) is 23.5. The number of cyclic esters (lactones) is 2. The number of hydrogen-bond acceptors (Lipinski definition) is 9. The molecule has 1 aliphatic carbocycles. The highest BCUT2D eigenvalue weighted by Crippen LogP contribution is 2.59. The van der Waals surface area contributed by atoms with Gasteiger partial charge in [0.05, 0.1) is 38.1 Å². The third-order valence-corrected chi connectivity index (χ3v) is 9.03. The van der Waals surface area contributed by atoms with Crippen LogP contribution in [0.15, 0.2) is 34.0 Å². The van der Waals surface area contributed by atoms with Crippen LogP contribution >= 0.6 is 22.6 Å². The van der Waals surface area contributed by atoms with Crippen LogP contribution in [0, 0.1) is 17.3 Å². The Hall–Kier alpha value is -1.31. The van der Waals surface area contributed by atoms with E-state index in [1.54, 1.807) is 25.2 Å². The predicted octanol–water partition coefficient (Wildman–Crippen LogP) is 2.63. The second-order valence-corrected chi connectivity index (χ2v) is 11.8. The summed E-state index contributed by atoms with van der Waals surface area (Å²) in [7, 11) is 0. The predicted molar refractivity (Wildman–Crippen MR) is 142 cm³/mol. The van der Waals surface area contributed by atoms with E-state index in [-0.39, 0.29) is 44.6 Å². The summed E-state index contributed by atoms with van der Waals surface area (Å²) in [6.07, 6.45) is 8.39. The molecule has 10 heteroatoms. The molecular weight excluding hydrogens is 595 g/mol. The number of halogens is 1. The first-order valence-corrected chi connectivity index (χ1v) is 14.1. The van der Waals surface area contributed by atoms with Crippen LogP contribution in [0.25, 0.3) is 0 Å². The summed E-state index contributed by atoms with van der Waals surface area (Å²) in [5.74, 6) is -1.87. The fraction of sp³-hybridized carbons (Fsp3) is 0.704. The molecule has 2 saturated heterocycles. The van der Waals surface area contributed by atoms with E-state index < -0.39 is 41.1 Å². The van der Waals surface area contributed by atoms with Crippen LogP contribution in [0.5, 0.6) is 0 Å². The lowest BCUT2D eigenvalue weighted by atomic mass is 9.59. The lowest BCUT2D eigenvalue weighted by Crippen LogP contribution is -2.63. The zero-order chi connectivity index (χ0) is 26.6. The van der Waals surface area contributed by atoms with Crippen molar-refractivity contribution in [3.63, 3.8) is 0 Å². The summed E-state index contributed by atoms with van der Waals surface area (Å²) in [6.45, 7) is 4.39. The number of allylic oxidation sites excluding steroid dienone is 3. The topological polar surface area (TPSA) is 124 Å². The van der Waals surface area contributed by atoms with Gasteiger partial charge in [0.2, 0.25) is 0 Å². The average molecular weight is 632 g/mol. The van der Waals surface area contributed by atoms with Gasteiger partial charge in [-0.3, -0.25) is 0 Å². The van der Waals surface area contributed by atoms with Crippen molar-refractivity contribution in [2.24, 2.45) is 17.3 Å². The van der Waals surface area contributed by atoms with E-state index in [4.69, 9.17) is 23.7 Å². The van der Waals surface area contributed by atoms with E-state index >= 15 is 0 Å². The molecule has 2 spiro atoms. The van der Waals surface area contributed by atoms with Gasteiger partial charge >= 0.3 is 11.9 Å². The number of fused-ring (bicyclic) bond motifs is 1. The molecule has 206 valence electrons. The summed E-state index contributed by atoms with van der Waals surface area (Å²) in [5.41, 5.74) is -1.28. The minimum Gasteiger partial charge on any atom is -0.463 e. The Morgan fingerprint density at radius 3 is 2.68 bits per heavy atom. The van der Waals surface area contributed by atoms with Crippen molar-refractivity contribution in [1.82, 2.24) is 0 Å². The molecule has 0 bridgehead atoms. The Labute approximate surface area is 231 Å². The van der Waals surface area contributed by atoms with E-state index in [1.807, 2.05) is 6.92 Å². The first kappa shape index (κ1) is 28.7. The summed E-state index contributed by atoms with van der Waals surface area (Å²) in [5, 5.41) is 20.2. The summed E-state index contributed by atoms with van der Waals surface area (Å²) < 4.78 is 30.9. The zero-order valence-electron chi connectivity index (χ0n) is 21.3. The van der Waals surface area contributed by atoms with Gasteiger partial charge in [-0.25, -0.2) is 9.59 Å². The van der Waals surface area contributed by atoms with Gasteiger partial charge in [0.1, 0.15) is 12.2 Å². The van der Waals surface area contributed by atoms with E-state index in [0.29, 0.717) is 19.4 Å². The number of aliphatic hydroxyl groups is 2. The molecular formula is C27H37IO9. The highest BCUT2D eigenvalue weighted by atomic mass is 127. The van der Waals surface area contributed by atoms with E-state index in [2.05, 4.69) is 28.7 Å². The molecule has 4 aliphatic rings. The quantitative estimate of drug-likeness (QED) is 0.269. The van der Waals surface area contributed by atoms with Gasteiger partial charge in [-0.15, -0.1) is 0 Å². The lowest BCUT2D eigenvalue weighted by molar-refractivity contribution is -0.220. The summed E-state index contributed by atoms with van der Waals surface area (Å²) in [6, 6.07) is 0. The van der Waals surface area contributed by atoms with Crippen molar-refractivity contribution in [2.45, 2.75) is 69.5 Å². The molecule has 0 amide bonds. The molecule has 8 atom stereocenters. The van der Waals surface area contributed by atoms with Gasteiger partial charge in [0, 0.05) is 24.0 Å². The van der Waals surface area contributed by atoms with Crippen molar-refractivity contribution in [2.75, 3.05) is 33.0 Å². The molecule has 0 aromatic carbocycles. The van der Waals surface area contributed by atoms with Crippen LogP contribution in [0.1, 0.15) is 39.5 Å². The monoisotopic (exact) mass is 632 g/mol. The first-order chi connectivity index (χ1) is 17.8. The first-order valence-electron chi connectivity index (χ1n) is 13.0. The number of aliphatic hydroxyl groups excluding tert-OH is 2. The summed E-state index contributed by atoms with van der Waals surface area (Å²) in [4.78, 5) is 25.5. The Morgan fingerprint density at radius 2 is 1.97 bits per heavy atom. The number of carbonyl (C=O) groups excluding carboxylic acids is 2. The molecule has 0 radical (unpaired) electrons. The van der Waals surface area contributed by atoms with Crippen LogP contribution in [0.4, 0.5) is 0 Å². The minimum atomic E-state index is -1.32. The molecule has 2 fully saturated rings. The number of epoxide rings is 1. The molecule has 2 N–H and O–H groups in total. The molecule has 3 heterocycles. The minimum absolute atomic E-state index is 0.0200. The SMILES string of the molecule is CC[C@H]1OC2C=C(I)CC[C@@]23COC(=O)[C@@H](O)C(C)CCOC(CO)/C=C/C=C\C(=O)OCC3C12CO2. The molecule has 9 nitrogen and oxygen atoms in total. The van der Waals surface area contributed by atoms with Crippen molar-refractivity contribution in [3.8, 4) is 0 Å². The molecule has 0 saturated carbocycles. The van der Waals surface area contributed by atoms with E-state index in [1.165, 1.54) is 9.66 Å². The van der Waals surface area contributed by atoms with Gasteiger partial charge < -0.3 is 33.9 Å². The largest absolute Gasteiger partial charge is 0.463 e. The van der Waals surface area contributed by atoms with Crippen LogP contribution in [-0.4, -0.2) is 85.2 Å². The van der Waals surface area contributed by atoms with Gasteiger partial charge in [0.15, 0.2) is 6.10 Å². The molecule has 4 rings (SSSR count). The second-order valence-electron chi connectivity index (χ2n) is 10.4. The Kier molecular flexibility index (Phi) is 9.50. The van der Waals surface area contributed by atoms with Crippen LogP contribution in [-0.2, 0) is 33.3 Å². The number of carbonyl (C=O) groups is 2. The molecule has 5 unspecified atom stereocenters. The maximum absolute atomic E-state index is 13.0. The maximum Gasteiger partial charge on any atom is 0.335 e. The van der Waals surface area contributed by atoms with E-state index in [9.17, 15) is 19.8 Å². The Bertz CT molecular complexity index is 927. The molecule has 3 aliphatic heterocycles. The van der Waals surface area contributed by atoms with Crippen molar-refractivity contribution in [1.29, 1.82) is 0 Å². The average Bonchev–Trinajstić information content (AvgIpc) is 3.68. The fourth-order valence-electron chi connectivity index (χ4n) is 5.72. The lowest BCUT2D eigenvalue weighted by Gasteiger charge is -2.54. The highest BCUT2D eigenvalue weighted by Gasteiger charge is 2.70. The van der Waals surface area contributed by atoms with Crippen molar-refractivity contribution >= 4 is 34.5 Å². The van der Waals surface area contributed by atoms with Gasteiger partial charge in [0.25, 0.3) is 0 Å². The molecule has 37 heavy (non-hydrogen) atoms. The van der Waals surface area contributed by atoms with Gasteiger partial charge in [-0.1, -0.05) is 32.1 Å². The van der Waals surface area contributed by atoms with Crippen LogP contribution < -0.4 is 0 Å². The fourth-order valence-corrected chi connectivity index (χ4v) is 6.32. The molecule has 0 aromatic heterocycles. The Morgan fingerprint density at radius 1 is 1.19 bits per heavy atom. The summed E-state index contributed by atoms with van der Waals surface area (Å²) >= 11 is 2.31. The van der Waals surface area contributed by atoms with Gasteiger partial charge in [-0.05, 0) is 63.8 Å². The highest BCUT2D eigenvalue weighted by molar-refractivity contribution is 14.1. The number of ether oxygens (including phenoxy) is 5. The smallest absolute Gasteiger partial charge is 0.335 e. The van der Waals surface area contributed by atoms with E-state index in [0.717, 1.165) is 12.8 Å². The van der Waals surface area contributed by atoms with Crippen LogP contribution in [0.2, 0.25) is 0 Å². The third kappa shape index (κ3) is 6.14. The maximum atomic E-state index is 13.0.